The molecule has 3 aromatic heterocycles. The second-order valence-electron chi connectivity index (χ2n) is 9.07. The van der Waals surface area contributed by atoms with Crippen LogP contribution in [0.1, 0.15) is 31.7 Å². The van der Waals surface area contributed by atoms with Gasteiger partial charge in [-0.1, -0.05) is 25.6 Å². The van der Waals surface area contributed by atoms with Gasteiger partial charge in [-0.3, -0.25) is 13.9 Å². The van der Waals surface area contributed by atoms with Crippen molar-refractivity contribution in [2.24, 2.45) is 25.9 Å². The molecule has 32 heavy (non-hydrogen) atoms. The van der Waals surface area contributed by atoms with Crippen LogP contribution in [0.25, 0.3) is 11.2 Å². The Balaban J connectivity index is 1.76. The zero-order chi connectivity index (χ0) is 23.2. The van der Waals surface area contributed by atoms with E-state index in [2.05, 4.69) is 28.7 Å². The molecule has 0 aliphatic carbocycles. The van der Waals surface area contributed by atoms with E-state index < -0.39 is 0 Å². The summed E-state index contributed by atoms with van der Waals surface area (Å²) in [6, 6.07) is 1.95. The number of imidazole rings is 1. The van der Waals surface area contributed by atoms with Crippen LogP contribution in [-0.4, -0.2) is 47.5 Å². The Morgan fingerprint density at radius 3 is 2.25 bits per heavy atom. The van der Waals surface area contributed by atoms with Crippen molar-refractivity contribution in [2.75, 3.05) is 23.7 Å². The maximum Gasteiger partial charge on any atom is 0.332 e. The summed E-state index contributed by atoms with van der Waals surface area (Å²) in [7, 11) is 3.19. The van der Waals surface area contributed by atoms with Crippen molar-refractivity contribution in [3.63, 3.8) is 0 Å². The Bertz CT molecular complexity index is 1250. The Morgan fingerprint density at radius 1 is 1.00 bits per heavy atom. The van der Waals surface area contributed by atoms with Gasteiger partial charge in [-0.15, -0.1) is 0 Å². The van der Waals surface area contributed by atoms with Gasteiger partial charge in [0.15, 0.2) is 16.3 Å². The van der Waals surface area contributed by atoms with Gasteiger partial charge in [-0.05, 0) is 38.2 Å². The zero-order valence-corrected chi connectivity index (χ0v) is 20.4. The fourth-order valence-corrected chi connectivity index (χ4v) is 5.57. The number of fused-ring (bicyclic) bond motifs is 1. The van der Waals surface area contributed by atoms with Crippen LogP contribution in [0.5, 0.6) is 0 Å². The molecule has 4 rings (SSSR count). The molecule has 0 spiro atoms. The van der Waals surface area contributed by atoms with Crippen molar-refractivity contribution in [3.05, 3.63) is 38.3 Å². The molecule has 4 heterocycles. The maximum absolute atomic E-state index is 13.1. The molecule has 9 nitrogen and oxygen atoms in total. The van der Waals surface area contributed by atoms with Crippen LogP contribution in [0.4, 0.5) is 5.95 Å². The molecular weight excluding hydrogens is 426 g/mol. The van der Waals surface area contributed by atoms with Crippen LogP contribution in [-0.2, 0) is 20.6 Å². The van der Waals surface area contributed by atoms with E-state index in [0.29, 0.717) is 35.3 Å². The second kappa shape index (κ2) is 8.73. The molecule has 2 unspecified atom stereocenters. The van der Waals surface area contributed by atoms with E-state index in [1.54, 1.807) is 18.8 Å². The summed E-state index contributed by atoms with van der Waals surface area (Å²) >= 11 is 1.56. The largest absolute Gasteiger partial charge is 0.342 e. The predicted octanol–water partition coefficient (Wildman–Crippen LogP) is 2.12. The third-order valence-corrected chi connectivity index (χ3v) is 6.81. The fraction of sp³-hybridized carbons (Fsp3) is 0.591. The summed E-state index contributed by atoms with van der Waals surface area (Å²) in [5.74, 6) is 2.53. The van der Waals surface area contributed by atoms with Crippen molar-refractivity contribution < 1.29 is 0 Å². The van der Waals surface area contributed by atoms with Crippen molar-refractivity contribution in [1.82, 2.24) is 28.7 Å². The molecule has 0 amide bonds. The van der Waals surface area contributed by atoms with Crippen molar-refractivity contribution in [2.45, 2.75) is 45.8 Å². The molecule has 0 radical (unpaired) electrons. The summed E-state index contributed by atoms with van der Waals surface area (Å²) in [4.78, 5) is 41.7. The zero-order valence-electron chi connectivity index (χ0n) is 19.6. The van der Waals surface area contributed by atoms with Crippen molar-refractivity contribution >= 4 is 28.9 Å². The van der Waals surface area contributed by atoms with E-state index in [1.807, 2.05) is 24.5 Å². The molecule has 0 aromatic carbocycles. The van der Waals surface area contributed by atoms with Crippen molar-refractivity contribution in [1.29, 1.82) is 0 Å². The summed E-state index contributed by atoms with van der Waals surface area (Å²) in [6.45, 7) is 10.8. The average molecular weight is 458 g/mol. The number of hydrogen-bond donors (Lipinski definition) is 0. The minimum absolute atomic E-state index is 0.312. The molecule has 0 bridgehead atoms. The highest BCUT2D eigenvalue weighted by Crippen LogP contribution is 2.28. The highest BCUT2D eigenvalue weighted by Gasteiger charge is 2.28. The lowest BCUT2D eigenvalue weighted by Crippen LogP contribution is -2.40. The Kier molecular flexibility index (Phi) is 6.15. The van der Waals surface area contributed by atoms with Gasteiger partial charge < -0.3 is 9.47 Å². The van der Waals surface area contributed by atoms with Crippen LogP contribution in [0.15, 0.2) is 20.8 Å². The molecule has 1 aliphatic rings. The average Bonchev–Trinajstić information content (AvgIpc) is 3.09. The Labute approximate surface area is 191 Å². The molecule has 1 aliphatic heterocycles. The number of hydrogen-bond acceptors (Lipinski definition) is 7. The normalized spacial score (nSPS) is 19.1. The molecule has 0 N–H and O–H groups in total. The van der Waals surface area contributed by atoms with Gasteiger partial charge >= 0.3 is 5.69 Å². The fourth-order valence-electron chi connectivity index (χ4n) is 4.70. The number of anilines is 1. The van der Waals surface area contributed by atoms with E-state index in [9.17, 15) is 9.59 Å². The maximum atomic E-state index is 13.1. The number of aryl methyl sites for hydroxylation is 4. The number of piperidine rings is 1. The van der Waals surface area contributed by atoms with E-state index in [0.717, 1.165) is 40.1 Å². The molecular formula is C22H31N7O2S. The number of nitrogens with zero attached hydrogens (tertiary/aromatic N) is 7. The van der Waals surface area contributed by atoms with Crippen LogP contribution >= 0.6 is 11.8 Å². The summed E-state index contributed by atoms with van der Waals surface area (Å²) in [6.07, 6.45) is 1.18. The minimum atomic E-state index is -0.364. The molecule has 0 saturated carbocycles. The van der Waals surface area contributed by atoms with E-state index in [1.165, 1.54) is 18.0 Å². The van der Waals surface area contributed by atoms with Gasteiger partial charge in [0, 0.05) is 50.9 Å². The number of aromatic nitrogens is 6. The van der Waals surface area contributed by atoms with Gasteiger partial charge in [-0.25, -0.2) is 14.8 Å². The first-order chi connectivity index (χ1) is 15.2. The summed E-state index contributed by atoms with van der Waals surface area (Å²) < 4.78 is 4.61. The number of rotatable bonds is 5. The summed E-state index contributed by atoms with van der Waals surface area (Å²) in [5, 5.41) is 0.731. The predicted molar refractivity (Wildman–Crippen MR) is 128 cm³/mol. The van der Waals surface area contributed by atoms with Gasteiger partial charge in [0.05, 0.1) is 0 Å². The minimum Gasteiger partial charge on any atom is -0.342 e. The monoisotopic (exact) mass is 457 g/mol. The third kappa shape index (κ3) is 4.20. The van der Waals surface area contributed by atoms with Gasteiger partial charge in [0.2, 0.25) is 5.95 Å². The second-order valence-corrected chi connectivity index (χ2v) is 10.1. The lowest BCUT2D eigenvalue weighted by Gasteiger charge is -2.35. The molecule has 10 heteroatoms. The lowest BCUT2D eigenvalue weighted by atomic mass is 9.92. The Hall–Kier alpha value is -2.62. The van der Waals surface area contributed by atoms with Crippen LogP contribution in [0, 0.1) is 25.7 Å². The molecule has 1 saturated heterocycles. The van der Waals surface area contributed by atoms with Crippen molar-refractivity contribution in [3.8, 4) is 0 Å². The Morgan fingerprint density at radius 2 is 1.62 bits per heavy atom. The van der Waals surface area contributed by atoms with Crippen LogP contribution in [0.3, 0.4) is 0 Å². The van der Waals surface area contributed by atoms with Crippen LogP contribution in [0.2, 0.25) is 0 Å². The first kappa shape index (κ1) is 22.6. The molecule has 2 atom stereocenters. The third-order valence-electron chi connectivity index (χ3n) is 5.99. The van der Waals surface area contributed by atoms with E-state index in [4.69, 9.17) is 4.98 Å². The smallest absolute Gasteiger partial charge is 0.332 e. The molecule has 172 valence electrons. The number of thioether (sulfide) groups is 1. The SMILES string of the molecule is Cc1cc(C)nc(SCCn2c(N3CC(C)CC(C)C3)nc3c2c(=O)n(C)c(=O)n3C)n1. The van der Waals surface area contributed by atoms with E-state index in [-0.39, 0.29) is 11.2 Å². The molecule has 3 aromatic rings. The van der Waals surface area contributed by atoms with Gasteiger partial charge in [-0.2, -0.15) is 4.98 Å². The van der Waals surface area contributed by atoms with Gasteiger partial charge in [0.25, 0.3) is 5.56 Å². The van der Waals surface area contributed by atoms with Crippen LogP contribution < -0.4 is 16.1 Å². The molecule has 1 fully saturated rings. The highest BCUT2D eigenvalue weighted by molar-refractivity contribution is 7.99. The quantitative estimate of drug-likeness (QED) is 0.428. The summed E-state index contributed by atoms with van der Waals surface area (Å²) in [5.41, 5.74) is 2.11. The lowest BCUT2D eigenvalue weighted by molar-refractivity contribution is 0.352. The topological polar surface area (TPSA) is 90.8 Å². The standard InChI is InChI=1S/C22H31N7O2S/c1-13-9-14(2)12-28(11-13)21-25-18-17(19(30)27(6)22(31)26(18)5)29(21)7-8-32-20-23-15(3)10-16(4)24-20/h10,13-14H,7-9,11-12H2,1-6H3. The van der Waals surface area contributed by atoms with Gasteiger partial charge in [0.1, 0.15) is 0 Å². The van der Waals surface area contributed by atoms with E-state index >= 15 is 0 Å². The highest BCUT2D eigenvalue weighted by atomic mass is 32.2. The first-order valence-electron chi connectivity index (χ1n) is 11.0. The first-order valence-corrected chi connectivity index (χ1v) is 12.0.